The molecule has 4 nitrogen and oxygen atoms in total. The van der Waals surface area contributed by atoms with Gasteiger partial charge in [0.15, 0.2) is 0 Å². The third-order valence-electron chi connectivity index (χ3n) is 7.38. The number of aromatic nitrogens is 1. The number of halogens is 1. The molecule has 0 N–H and O–H groups in total. The molecule has 3 fully saturated rings. The molecule has 5 rings (SSSR count). The number of anilines is 3. The number of fused-ring (bicyclic) bond motifs is 1. The van der Waals surface area contributed by atoms with Crippen molar-refractivity contribution in [2.75, 3.05) is 40.9 Å². The van der Waals surface area contributed by atoms with Gasteiger partial charge in [-0.15, -0.1) is 0 Å². The second kappa shape index (κ2) is 8.44. The molecule has 4 heterocycles. The lowest BCUT2D eigenvalue weighted by Gasteiger charge is -2.43. The summed E-state index contributed by atoms with van der Waals surface area (Å²) in [4.78, 5) is 12.3. The first-order valence-corrected chi connectivity index (χ1v) is 11.7. The van der Waals surface area contributed by atoms with Gasteiger partial charge in [-0.05, 0) is 68.7 Å². The van der Waals surface area contributed by atoms with Crippen molar-refractivity contribution in [3.05, 3.63) is 48.4 Å². The highest BCUT2D eigenvalue weighted by atomic mass is 19.1. The Hall–Kier alpha value is -2.30. The van der Waals surface area contributed by atoms with E-state index in [9.17, 15) is 4.39 Å². The Morgan fingerprint density at radius 1 is 0.967 bits per heavy atom. The number of hydrogen-bond donors (Lipinski definition) is 0. The molecule has 3 aliphatic rings. The summed E-state index contributed by atoms with van der Waals surface area (Å²) in [6.07, 6.45) is 9.35. The summed E-state index contributed by atoms with van der Waals surface area (Å²) in [5.41, 5.74) is 2.34. The number of rotatable bonds is 4. The second-order valence-electron chi connectivity index (χ2n) is 9.11. The minimum Gasteiger partial charge on any atom is -0.371 e. The van der Waals surface area contributed by atoms with E-state index in [-0.39, 0.29) is 5.82 Å². The molecule has 3 atom stereocenters. The van der Waals surface area contributed by atoms with Crippen LogP contribution in [-0.4, -0.2) is 43.2 Å². The number of pyridine rings is 1. The zero-order valence-corrected chi connectivity index (χ0v) is 18.0. The summed E-state index contributed by atoms with van der Waals surface area (Å²) in [5.74, 6) is 1.54. The van der Waals surface area contributed by atoms with Gasteiger partial charge in [-0.1, -0.05) is 13.0 Å². The molecule has 5 heteroatoms. The lowest BCUT2D eigenvalue weighted by molar-refractivity contribution is 0.369. The molecule has 0 saturated carbocycles. The van der Waals surface area contributed by atoms with Crippen LogP contribution in [0.15, 0.2) is 42.6 Å². The molecule has 0 radical (unpaired) electrons. The molecule has 3 saturated heterocycles. The lowest BCUT2D eigenvalue weighted by atomic mass is 9.88. The van der Waals surface area contributed by atoms with Crippen LogP contribution in [-0.2, 0) is 0 Å². The molecule has 0 amide bonds. The van der Waals surface area contributed by atoms with Crippen LogP contribution in [0.1, 0.15) is 45.4 Å². The standard InChI is InChI=1S/C25H33FN4/c1-2-19-18-30(24-17-21(11-12-27-24)28-13-4-3-5-14-28)23-10-7-15-29(25(19)23)22-9-6-8-20(26)16-22/h6,8-9,11-12,16-17,19,23,25H,2-5,7,10,13-15,18H2,1H3/t19-,23-,25?/m0/s1. The van der Waals surface area contributed by atoms with Crippen LogP contribution >= 0.6 is 0 Å². The van der Waals surface area contributed by atoms with Crippen LogP contribution in [0.3, 0.4) is 0 Å². The highest BCUT2D eigenvalue weighted by molar-refractivity contribution is 5.58. The molecule has 30 heavy (non-hydrogen) atoms. The maximum Gasteiger partial charge on any atom is 0.130 e. The molecule has 2 aromatic rings. The van der Waals surface area contributed by atoms with Crippen molar-refractivity contribution in [2.45, 2.75) is 57.5 Å². The smallest absolute Gasteiger partial charge is 0.130 e. The first kappa shape index (κ1) is 19.7. The van der Waals surface area contributed by atoms with Gasteiger partial charge < -0.3 is 14.7 Å². The Kier molecular flexibility index (Phi) is 5.53. The van der Waals surface area contributed by atoms with E-state index in [1.165, 1.54) is 31.4 Å². The fraction of sp³-hybridized carbons (Fsp3) is 0.560. The molecule has 1 aromatic heterocycles. The third kappa shape index (κ3) is 3.63. The topological polar surface area (TPSA) is 22.6 Å². The Morgan fingerprint density at radius 2 is 1.83 bits per heavy atom. The van der Waals surface area contributed by atoms with E-state index < -0.39 is 0 Å². The van der Waals surface area contributed by atoms with E-state index in [4.69, 9.17) is 4.98 Å². The molecule has 1 unspecified atom stereocenters. The summed E-state index contributed by atoms with van der Waals surface area (Å²) in [5, 5.41) is 0. The van der Waals surface area contributed by atoms with Crippen LogP contribution in [0.4, 0.5) is 21.6 Å². The van der Waals surface area contributed by atoms with Gasteiger partial charge in [0.2, 0.25) is 0 Å². The SMILES string of the molecule is CC[C@H]1CN(c2cc(N3CCCCC3)ccn2)[C@H]2CCCN(c3cccc(F)c3)C12. The molecule has 1 aromatic carbocycles. The Balaban J connectivity index is 1.44. The monoisotopic (exact) mass is 408 g/mol. The number of nitrogens with zero attached hydrogens (tertiary/aromatic N) is 4. The quantitative estimate of drug-likeness (QED) is 0.702. The van der Waals surface area contributed by atoms with Crippen LogP contribution in [0.25, 0.3) is 0 Å². The summed E-state index contributed by atoms with van der Waals surface area (Å²) in [7, 11) is 0. The maximum atomic E-state index is 14.0. The predicted octanol–water partition coefficient (Wildman–Crippen LogP) is 5.09. The van der Waals surface area contributed by atoms with Crippen molar-refractivity contribution in [1.82, 2.24) is 4.98 Å². The number of piperidine rings is 2. The van der Waals surface area contributed by atoms with Crippen molar-refractivity contribution >= 4 is 17.2 Å². The summed E-state index contributed by atoms with van der Waals surface area (Å²) >= 11 is 0. The summed E-state index contributed by atoms with van der Waals surface area (Å²) in [6, 6.07) is 12.5. The minimum atomic E-state index is -0.145. The van der Waals surface area contributed by atoms with Gasteiger partial charge in [-0.3, -0.25) is 0 Å². The van der Waals surface area contributed by atoms with Crippen LogP contribution in [0.2, 0.25) is 0 Å². The molecule has 160 valence electrons. The Bertz CT molecular complexity index is 866. The number of benzene rings is 1. The van der Waals surface area contributed by atoms with Crippen LogP contribution < -0.4 is 14.7 Å². The summed E-state index contributed by atoms with van der Waals surface area (Å²) in [6.45, 7) is 6.65. The van der Waals surface area contributed by atoms with Gasteiger partial charge in [0.1, 0.15) is 11.6 Å². The van der Waals surface area contributed by atoms with Gasteiger partial charge in [0, 0.05) is 49.8 Å². The zero-order valence-electron chi connectivity index (χ0n) is 18.0. The molecular weight excluding hydrogens is 375 g/mol. The first-order valence-electron chi connectivity index (χ1n) is 11.7. The molecule has 3 aliphatic heterocycles. The average molecular weight is 409 g/mol. The largest absolute Gasteiger partial charge is 0.371 e. The molecule has 0 bridgehead atoms. The van der Waals surface area contributed by atoms with Crippen molar-refractivity contribution in [1.29, 1.82) is 0 Å². The number of hydrogen-bond acceptors (Lipinski definition) is 4. The normalized spacial score (nSPS) is 26.7. The highest BCUT2D eigenvalue weighted by Gasteiger charge is 2.46. The van der Waals surface area contributed by atoms with Gasteiger partial charge in [0.25, 0.3) is 0 Å². The second-order valence-corrected chi connectivity index (χ2v) is 9.11. The van der Waals surface area contributed by atoms with Crippen LogP contribution in [0.5, 0.6) is 0 Å². The van der Waals surface area contributed by atoms with E-state index >= 15 is 0 Å². The molecule has 0 spiro atoms. The van der Waals surface area contributed by atoms with E-state index in [1.807, 2.05) is 12.3 Å². The third-order valence-corrected chi connectivity index (χ3v) is 7.38. The van der Waals surface area contributed by atoms with Crippen LogP contribution in [0, 0.1) is 11.7 Å². The van der Waals surface area contributed by atoms with Gasteiger partial charge in [0.05, 0.1) is 12.1 Å². The Labute approximate surface area is 179 Å². The van der Waals surface area contributed by atoms with Crippen molar-refractivity contribution < 1.29 is 4.39 Å². The fourth-order valence-corrected chi connectivity index (χ4v) is 5.91. The van der Waals surface area contributed by atoms with Gasteiger partial charge in [-0.25, -0.2) is 9.37 Å². The van der Waals surface area contributed by atoms with Gasteiger partial charge in [-0.2, -0.15) is 0 Å². The first-order chi connectivity index (χ1) is 14.7. The highest BCUT2D eigenvalue weighted by Crippen LogP contribution is 2.41. The Morgan fingerprint density at radius 3 is 2.63 bits per heavy atom. The van der Waals surface area contributed by atoms with E-state index in [0.717, 1.165) is 50.5 Å². The van der Waals surface area contributed by atoms with Crippen molar-refractivity contribution in [3.63, 3.8) is 0 Å². The van der Waals surface area contributed by atoms with Crippen molar-refractivity contribution in [3.8, 4) is 0 Å². The fourth-order valence-electron chi connectivity index (χ4n) is 5.91. The van der Waals surface area contributed by atoms with Crippen molar-refractivity contribution in [2.24, 2.45) is 5.92 Å². The molecule has 0 aliphatic carbocycles. The lowest BCUT2D eigenvalue weighted by Crippen LogP contribution is -2.51. The average Bonchev–Trinajstić information content (AvgIpc) is 3.19. The van der Waals surface area contributed by atoms with Gasteiger partial charge >= 0.3 is 0 Å². The van der Waals surface area contributed by atoms with E-state index in [0.29, 0.717) is 18.0 Å². The zero-order chi connectivity index (χ0) is 20.5. The predicted molar refractivity (Wildman–Crippen MR) is 122 cm³/mol. The van der Waals surface area contributed by atoms with E-state index in [2.05, 4.69) is 39.8 Å². The maximum absolute atomic E-state index is 14.0. The summed E-state index contributed by atoms with van der Waals surface area (Å²) < 4.78 is 14.0. The van der Waals surface area contributed by atoms with E-state index in [1.54, 1.807) is 12.1 Å². The minimum absolute atomic E-state index is 0.145. The molecular formula is C25H33FN4.